The maximum absolute atomic E-state index is 11.9. The van der Waals surface area contributed by atoms with Crippen LogP contribution in [0.1, 0.15) is 39.3 Å². The van der Waals surface area contributed by atoms with Crippen molar-refractivity contribution in [1.82, 2.24) is 10.6 Å². The predicted octanol–water partition coefficient (Wildman–Crippen LogP) is 3.15. The van der Waals surface area contributed by atoms with Crippen LogP contribution in [0, 0.1) is 5.92 Å². The van der Waals surface area contributed by atoms with Gasteiger partial charge in [0.25, 0.3) is 0 Å². The van der Waals surface area contributed by atoms with Gasteiger partial charge in [-0.2, -0.15) is 0 Å². The minimum Gasteiger partial charge on any atom is -0.354 e. The predicted molar refractivity (Wildman–Crippen MR) is 80.3 cm³/mol. The van der Waals surface area contributed by atoms with E-state index in [0.717, 1.165) is 10.6 Å². The number of halogens is 1. The van der Waals surface area contributed by atoms with Crippen LogP contribution >= 0.6 is 11.6 Å². The van der Waals surface area contributed by atoms with E-state index in [2.05, 4.69) is 24.5 Å². The highest BCUT2D eigenvalue weighted by atomic mass is 35.5. The number of benzene rings is 1. The van der Waals surface area contributed by atoms with Gasteiger partial charge in [-0.3, -0.25) is 10.1 Å². The average Bonchev–Trinajstić information content (AvgIpc) is 2.36. The molecule has 1 aromatic carbocycles. The molecule has 0 spiro atoms. The molecule has 0 aromatic heterocycles. The molecule has 0 aliphatic rings. The Kier molecular flexibility index (Phi) is 6.32. The summed E-state index contributed by atoms with van der Waals surface area (Å²) in [6.07, 6.45) is 0. The van der Waals surface area contributed by atoms with Gasteiger partial charge >= 0.3 is 0 Å². The van der Waals surface area contributed by atoms with E-state index in [1.165, 1.54) is 0 Å². The molecule has 1 amide bonds. The van der Waals surface area contributed by atoms with Crippen molar-refractivity contribution in [3.05, 3.63) is 34.9 Å². The molecule has 0 saturated heterocycles. The molecule has 1 unspecified atom stereocenters. The van der Waals surface area contributed by atoms with Gasteiger partial charge < -0.3 is 5.32 Å². The van der Waals surface area contributed by atoms with Crippen molar-refractivity contribution < 1.29 is 4.79 Å². The van der Waals surface area contributed by atoms with Gasteiger partial charge in [-0.1, -0.05) is 43.6 Å². The Morgan fingerprint density at radius 1 is 1.21 bits per heavy atom. The molecule has 2 atom stereocenters. The highest BCUT2D eigenvalue weighted by Gasteiger charge is 2.17. The lowest BCUT2D eigenvalue weighted by atomic mass is 10.1. The first-order chi connectivity index (χ1) is 8.91. The smallest absolute Gasteiger partial charge is 0.236 e. The van der Waals surface area contributed by atoms with Crippen molar-refractivity contribution >= 4 is 17.5 Å². The summed E-state index contributed by atoms with van der Waals surface area (Å²) >= 11 is 6.14. The van der Waals surface area contributed by atoms with Crippen LogP contribution in [-0.4, -0.2) is 18.5 Å². The number of hydrogen-bond donors (Lipinski definition) is 2. The van der Waals surface area contributed by atoms with E-state index in [0.29, 0.717) is 12.5 Å². The first kappa shape index (κ1) is 16.0. The van der Waals surface area contributed by atoms with Crippen LogP contribution < -0.4 is 10.6 Å². The Morgan fingerprint density at radius 2 is 1.84 bits per heavy atom. The summed E-state index contributed by atoms with van der Waals surface area (Å²) in [4.78, 5) is 11.9. The molecule has 0 heterocycles. The Bertz CT molecular complexity index is 420. The van der Waals surface area contributed by atoms with E-state index in [-0.39, 0.29) is 18.0 Å². The van der Waals surface area contributed by atoms with Crippen molar-refractivity contribution in [2.45, 2.75) is 39.8 Å². The fourth-order valence-corrected chi connectivity index (χ4v) is 2.12. The van der Waals surface area contributed by atoms with E-state index >= 15 is 0 Å². The van der Waals surface area contributed by atoms with Crippen molar-refractivity contribution in [3.8, 4) is 0 Å². The van der Waals surface area contributed by atoms with E-state index < -0.39 is 0 Å². The summed E-state index contributed by atoms with van der Waals surface area (Å²) < 4.78 is 0. The topological polar surface area (TPSA) is 41.1 Å². The molecule has 0 fully saturated rings. The van der Waals surface area contributed by atoms with Crippen molar-refractivity contribution in [2.24, 2.45) is 5.92 Å². The number of carbonyl (C=O) groups is 1. The van der Waals surface area contributed by atoms with Gasteiger partial charge in [0.15, 0.2) is 0 Å². The minimum atomic E-state index is -0.245. The first-order valence-corrected chi connectivity index (χ1v) is 7.07. The summed E-state index contributed by atoms with van der Waals surface area (Å²) in [7, 11) is 0. The lowest BCUT2D eigenvalue weighted by Gasteiger charge is -2.21. The van der Waals surface area contributed by atoms with Gasteiger partial charge in [0.05, 0.1) is 6.04 Å². The summed E-state index contributed by atoms with van der Waals surface area (Å²) in [5.41, 5.74) is 1.01. The van der Waals surface area contributed by atoms with Crippen LogP contribution in [0.15, 0.2) is 24.3 Å². The highest BCUT2D eigenvalue weighted by molar-refractivity contribution is 6.31. The van der Waals surface area contributed by atoms with Crippen LogP contribution in [0.4, 0.5) is 0 Å². The van der Waals surface area contributed by atoms with Crippen molar-refractivity contribution in [2.75, 3.05) is 6.54 Å². The molecule has 0 saturated carbocycles. The van der Waals surface area contributed by atoms with Crippen LogP contribution in [0.25, 0.3) is 0 Å². The molecule has 3 nitrogen and oxygen atoms in total. The van der Waals surface area contributed by atoms with Gasteiger partial charge in [-0.25, -0.2) is 0 Å². The molecule has 0 aliphatic carbocycles. The van der Waals surface area contributed by atoms with Crippen molar-refractivity contribution in [1.29, 1.82) is 0 Å². The number of hydrogen-bond acceptors (Lipinski definition) is 2. The molecule has 0 bridgehead atoms. The largest absolute Gasteiger partial charge is 0.354 e. The van der Waals surface area contributed by atoms with Gasteiger partial charge in [0, 0.05) is 17.6 Å². The lowest BCUT2D eigenvalue weighted by Crippen LogP contribution is -2.44. The molecule has 0 aliphatic heterocycles. The molecule has 2 N–H and O–H groups in total. The number of nitrogens with one attached hydrogen (secondary N) is 2. The van der Waals surface area contributed by atoms with Crippen LogP contribution in [0.3, 0.4) is 0 Å². The fraction of sp³-hybridized carbons (Fsp3) is 0.533. The summed E-state index contributed by atoms with van der Waals surface area (Å²) in [6, 6.07) is 7.47. The maximum Gasteiger partial charge on any atom is 0.236 e. The second-order valence-corrected chi connectivity index (χ2v) is 5.68. The third kappa shape index (κ3) is 5.21. The fourth-order valence-electron chi connectivity index (χ4n) is 1.82. The molecule has 1 aromatic rings. The van der Waals surface area contributed by atoms with Gasteiger partial charge in [0.1, 0.15) is 0 Å². The Hall–Kier alpha value is -1.06. The maximum atomic E-state index is 11.9. The van der Waals surface area contributed by atoms with E-state index in [4.69, 9.17) is 11.6 Å². The Labute approximate surface area is 120 Å². The molecule has 0 radical (unpaired) electrons. The zero-order valence-electron chi connectivity index (χ0n) is 12.0. The van der Waals surface area contributed by atoms with Gasteiger partial charge in [-0.05, 0) is 31.4 Å². The zero-order valence-corrected chi connectivity index (χ0v) is 12.8. The number of rotatable bonds is 6. The normalized spacial score (nSPS) is 14.2. The standard InChI is InChI=1S/C15H23ClN2O/c1-10(2)9-17-15(19)12(4)18-11(3)13-7-5-6-8-14(13)16/h5-8,10-12,18H,9H2,1-4H3,(H,17,19)/t11-,12?/m0/s1. The summed E-state index contributed by atoms with van der Waals surface area (Å²) in [5.74, 6) is 0.477. The van der Waals surface area contributed by atoms with Gasteiger partial charge in [-0.15, -0.1) is 0 Å². The summed E-state index contributed by atoms with van der Waals surface area (Å²) in [5, 5.41) is 6.90. The quantitative estimate of drug-likeness (QED) is 0.841. The second kappa shape index (κ2) is 7.51. The Balaban J connectivity index is 2.54. The highest BCUT2D eigenvalue weighted by Crippen LogP contribution is 2.22. The monoisotopic (exact) mass is 282 g/mol. The average molecular weight is 283 g/mol. The van der Waals surface area contributed by atoms with E-state index in [1.807, 2.05) is 38.1 Å². The molecule has 4 heteroatoms. The zero-order chi connectivity index (χ0) is 14.4. The lowest BCUT2D eigenvalue weighted by molar-refractivity contribution is -0.123. The van der Waals surface area contributed by atoms with Crippen molar-refractivity contribution in [3.63, 3.8) is 0 Å². The van der Waals surface area contributed by atoms with Gasteiger partial charge in [0.2, 0.25) is 5.91 Å². The third-order valence-electron chi connectivity index (χ3n) is 2.95. The SMILES string of the molecule is CC(C)CNC(=O)C(C)N[C@@H](C)c1ccccc1Cl. The van der Waals surface area contributed by atoms with Crippen LogP contribution in [0.2, 0.25) is 5.02 Å². The Morgan fingerprint density at radius 3 is 2.42 bits per heavy atom. The third-order valence-corrected chi connectivity index (χ3v) is 3.29. The number of carbonyl (C=O) groups excluding carboxylic acids is 1. The molecular weight excluding hydrogens is 260 g/mol. The second-order valence-electron chi connectivity index (χ2n) is 5.27. The first-order valence-electron chi connectivity index (χ1n) is 6.70. The van der Waals surface area contributed by atoms with E-state index in [9.17, 15) is 4.79 Å². The van der Waals surface area contributed by atoms with Crippen LogP contribution in [-0.2, 0) is 4.79 Å². The van der Waals surface area contributed by atoms with E-state index in [1.54, 1.807) is 0 Å². The minimum absolute atomic E-state index is 0.0209. The molecule has 106 valence electrons. The summed E-state index contributed by atoms with van der Waals surface area (Å²) in [6.45, 7) is 8.72. The molecule has 19 heavy (non-hydrogen) atoms. The van der Waals surface area contributed by atoms with Crippen LogP contribution in [0.5, 0.6) is 0 Å². The number of amides is 1. The molecular formula is C15H23ClN2O. The molecule has 1 rings (SSSR count).